The van der Waals surface area contributed by atoms with E-state index in [9.17, 15) is 14.4 Å². The predicted octanol–water partition coefficient (Wildman–Crippen LogP) is 8.02. The number of fused-ring (bicyclic) bond motifs is 3. The number of nitrogens with zero attached hydrogens (tertiary/aromatic N) is 1. The van der Waals surface area contributed by atoms with Gasteiger partial charge in [-0.15, -0.1) is 11.8 Å². The van der Waals surface area contributed by atoms with E-state index in [0.717, 1.165) is 33.6 Å². The zero-order chi connectivity index (χ0) is 31.2. The fraction of sp³-hybridized carbons (Fsp3) is 0.0833. The maximum absolute atomic E-state index is 13.2. The Bertz CT molecular complexity index is 2020. The summed E-state index contributed by atoms with van der Waals surface area (Å²) in [5.41, 5.74) is 5.06. The van der Waals surface area contributed by atoms with Crippen LogP contribution >= 0.6 is 23.1 Å². The summed E-state index contributed by atoms with van der Waals surface area (Å²) in [5, 5.41) is 14.7. The lowest BCUT2D eigenvalue weighted by Gasteiger charge is -2.11. The van der Waals surface area contributed by atoms with Crippen LogP contribution in [-0.2, 0) is 16.1 Å². The lowest BCUT2D eigenvalue weighted by molar-refractivity contribution is -0.114. The quantitative estimate of drug-likeness (QED) is 0.106. The van der Waals surface area contributed by atoms with Gasteiger partial charge in [0.25, 0.3) is 11.8 Å². The van der Waals surface area contributed by atoms with Gasteiger partial charge >= 0.3 is 0 Å². The Morgan fingerprint density at radius 2 is 1.53 bits per heavy atom. The third kappa shape index (κ3) is 7.01. The van der Waals surface area contributed by atoms with E-state index < -0.39 is 5.91 Å². The van der Waals surface area contributed by atoms with E-state index in [1.54, 1.807) is 42.5 Å². The van der Waals surface area contributed by atoms with Gasteiger partial charge in [-0.2, -0.15) is 11.3 Å². The number of hydrogen-bond acceptors (Lipinski definition) is 5. The van der Waals surface area contributed by atoms with Crippen molar-refractivity contribution < 1.29 is 14.4 Å². The van der Waals surface area contributed by atoms with Crippen LogP contribution < -0.4 is 16.0 Å². The molecule has 7 nitrogen and oxygen atoms in total. The third-order valence-electron chi connectivity index (χ3n) is 7.24. The molecule has 0 saturated carbocycles. The summed E-state index contributed by atoms with van der Waals surface area (Å²) in [7, 11) is 0. The molecule has 0 spiro atoms. The van der Waals surface area contributed by atoms with E-state index in [2.05, 4.69) is 45.6 Å². The number of carbonyl (C=O) groups is 3. The molecule has 0 unspecified atom stereocenters. The van der Waals surface area contributed by atoms with Crippen molar-refractivity contribution in [3.8, 4) is 0 Å². The van der Waals surface area contributed by atoms with Gasteiger partial charge < -0.3 is 20.5 Å². The average Bonchev–Trinajstić information content (AvgIpc) is 3.70. The Hall–Kier alpha value is -5.12. The number of benzene rings is 4. The predicted molar refractivity (Wildman–Crippen MR) is 186 cm³/mol. The second-order valence-electron chi connectivity index (χ2n) is 10.2. The molecule has 0 aliphatic carbocycles. The number of thioether (sulfide) groups is 1. The summed E-state index contributed by atoms with van der Waals surface area (Å²) >= 11 is 2.91. The van der Waals surface area contributed by atoms with Crippen molar-refractivity contribution in [2.24, 2.45) is 0 Å². The Morgan fingerprint density at radius 1 is 0.800 bits per heavy atom. The lowest BCUT2D eigenvalue weighted by atomic mass is 10.1. The first kappa shape index (κ1) is 29.9. The highest BCUT2D eigenvalue weighted by Crippen LogP contribution is 2.31. The Balaban J connectivity index is 1.07. The van der Waals surface area contributed by atoms with Gasteiger partial charge in [0, 0.05) is 50.2 Å². The SMILES string of the molecule is CCn1c2ccccc2c2cc(NC(=O)CSc3ccc(NC(=O)/C(=C/c4ccsc4)NC(=O)c4ccccc4)cc3)ccc21. The molecule has 3 amide bonds. The fourth-order valence-electron chi connectivity index (χ4n) is 5.12. The molecule has 9 heteroatoms. The highest BCUT2D eigenvalue weighted by Gasteiger charge is 2.16. The number of rotatable bonds is 10. The molecule has 2 aromatic heterocycles. The molecule has 0 saturated heterocycles. The minimum Gasteiger partial charge on any atom is -0.341 e. The van der Waals surface area contributed by atoms with Gasteiger partial charge in [-0.3, -0.25) is 14.4 Å². The molecular weight excluding hydrogens is 601 g/mol. The van der Waals surface area contributed by atoms with Crippen molar-refractivity contribution in [3.05, 3.63) is 131 Å². The number of anilines is 2. The fourth-order valence-corrected chi connectivity index (χ4v) is 6.43. The summed E-state index contributed by atoms with van der Waals surface area (Å²) in [6, 6.07) is 32.2. The average molecular weight is 631 g/mol. The van der Waals surface area contributed by atoms with E-state index in [-0.39, 0.29) is 23.3 Å². The van der Waals surface area contributed by atoms with Crippen LogP contribution in [0.15, 0.2) is 124 Å². The molecule has 3 N–H and O–H groups in total. The lowest BCUT2D eigenvalue weighted by Crippen LogP contribution is -2.30. The second kappa shape index (κ2) is 13.7. The molecule has 0 aliphatic heterocycles. The summed E-state index contributed by atoms with van der Waals surface area (Å²) in [6.45, 7) is 3.00. The van der Waals surface area contributed by atoms with E-state index in [0.29, 0.717) is 11.3 Å². The zero-order valence-electron chi connectivity index (χ0n) is 24.4. The number of carbonyl (C=O) groups excluding carboxylic acids is 3. The molecule has 0 atom stereocenters. The number of amides is 3. The van der Waals surface area contributed by atoms with Gasteiger partial charge in [-0.1, -0.05) is 36.4 Å². The highest BCUT2D eigenvalue weighted by atomic mass is 32.2. The smallest absolute Gasteiger partial charge is 0.272 e. The first-order chi connectivity index (χ1) is 22.0. The van der Waals surface area contributed by atoms with Crippen LogP contribution in [0.2, 0.25) is 0 Å². The highest BCUT2D eigenvalue weighted by molar-refractivity contribution is 8.00. The third-order valence-corrected chi connectivity index (χ3v) is 8.95. The number of hydrogen-bond donors (Lipinski definition) is 3. The van der Waals surface area contributed by atoms with Crippen LogP contribution in [0.1, 0.15) is 22.8 Å². The van der Waals surface area contributed by atoms with Gasteiger partial charge in [0.05, 0.1) is 5.75 Å². The van der Waals surface area contributed by atoms with E-state index in [1.807, 2.05) is 59.3 Å². The molecule has 0 radical (unpaired) electrons. The van der Waals surface area contributed by atoms with Crippen LogP contribution in [-0.4, -0.2) is 28.0 Å². The number of nitrogens with one attached hydrogen (secondary N) is 3. The first-order valence-electron chi connectivity index (χ1n) is 14.4. The summed E-state index contributed by atoms with van der Waals surface area (Å²) < 4.78 is 2.28. The van der Waals surface area contributed by atoms with Crippen molar-refractivity contribution in [3.63, 3.8) is 0 Å². The maximum atomic E-state index is 13.2. The Kier molecular flexibility index (Phi) is 9.09. The van der Waals surface area contributed by atoms with Crippen LogP contribution in [0.5, 0.6) is 0 Å². The summed E-state index contributed by atoms with van der Waals surface area (Å²) in [4.78, 5) is 39.7. The van der Waals surface area contributed by atoms with Crippen LogP contribution in [0.4, 0.5) is 11.4 Å². The first-order valence-corrected chi connectivity index (χ1v) is 16.4. The number of para-hydroxylation sites is 1. The molecule has 224 valence electrons. The van der Waals surface area contributed by atoms with Crippen LogP contribution in [0, 0.1) is 0 Å². The topological polar surface area (TPSA) is 92.2 Å². The largest absolute Gasteiger partial charge is 0.341 e. The normalized spacial score (nSPS) is 11.4. The molecule has 0 aliphatic rings. The second-order valence-corrected chi connectivity index (χ2v) is 12.1. The van der Waals surface area contributed by atoms with E-state index in [1.165, 1.54) is 34.0 Å². The molecule has 2 heterocycles. The van der Waals surface area contributed by atoms with Crippen molar-refractivity contribution in [1.82, 2.24) is 9.88 Å². The van der Waals surface area contributed by atoms with Crippen LogP contribution in [0.25, 0.3) is 27.9 Å². The molecule has 45 heavy (non-hydrogen) atoms. The number of thiophene rings is 1. The van der Waals surface area contributed by atoms with Crippen molar-refractivity contribution in [2.45, 2.75) is 18.4 Å². The van der Waals surface area contributed by atoms with Crippen molar-refractivity contribution in [2.75, 3.05) is 16.4 Å². The van der Waals surface area contributed by atoms with Crippen LogP contribution in [0.3, 0.4) is 0 Å². The summed E-state index contributed by atoms with van der Waals surface area (Å²) in [5.74, 6) is -0.679. The molecular formula is C36H30N4O3S2. The van der Waals surface area contributed by atoms with E-state index >= 15 is 0 Å². The van der Waals surface area contributed by atoms with Gasteiger partial charge in [0.15, 0.2) is 0 Å². The molecule has 4 aromatic carbocycles. The van der Waals surface area contributed by atoms with Crippen molar-refractivity contribution >= 4 is 80.1 Å². The van der Waals surface area contributed by atoms with Gasteiger partial charge in [0.1, 0.15) is 5.70 Å². The van der Waals surface area contributed by atoms with Gasteiger partial charge in [0.2, 0.25) is 5.91 Å². The monoisotopic (exact) mass is 630 g/mol. The minimum absolute atomic E-state index is 0.103. The maximum Gasteiger partial charge on any atom is 0.272 e. The summed E-state index contributed by atoms with van der Waals surface area (Å²) in [6.07, 6.45) is 1.65. The molecule has 0 bridgehead atoms. The molecule has 6 rings (SSSR count). The Labute approximate surface area is 269 Å². The molecule has 0 fully saturated rings. The molecule has 6 aromatic rings. The minimum atomic E-state index is -0.440. The zero-order valence-corrected chi connectivity index (χ0v) is 26.1. The number of aryl methyl sites for hydroxylation is 1. The Morgan fingerprint density at radius 3 is 2.29 bits per heavy atom. The number of aromatic nitrogens is 1. The van der Waals surface area contributed by atoms with Gasteiger partial charge in [-0.05, 0) is 96.1 Å². The van der Waals surface area contributed by atoms with Gasteiger partial charge in [-0.25, -0.2) is 0 Å². The van der Waals surface area contributed by atoms with E-state index in [4.69, 9.17) is 0 Å². The standard InChI is InChI=1S/C36H30N4O3S2/c1-2-40-32-11-7-6-10-29(32)30-21-27(14-17-33(30)40)37-34(41)23-45-28-15-12-26(13-16-28)38-36(43)31(20-24-18-19-44-22-24)39-35(42)25-8-4-3-5-9-25/h3-22H,2,23H2,1H3,(H,37,41)(H,38,43)(H,39,42)/b31-20-. The van der Waals surface area contributed by atoms with Crippen molar-refractivity contribution in [1.29, 1.82) is 0 Å².